The number of rotatable bonds is 4. The first-order valence-electron chi connectivity index (χ1n) is 8.74. The number of nitrogens with zero attached hydrogens (tertiary/aromatic N) is 3. The van der Waals surface area contributed by atoms with Gasteiger partial charge >= 0.3 is 6.03 Å². The lowest BCUT2D eigenvalue weighted by Gasteiger charge is -2.28. The molecule has 26 heavy (non-hydrogen) atoms. The van der Waals surface area contributed by atoms with Gasteiger partial charge in [-0.1, -0.05) is 38.5 Å². The van der Waals surface area contributed by atoms with Crippen LogP contribution in [-0.4, -0.2) is 46.3 Å². The first-order chi connectivity index (χ1) is 12.3. The molecule has 0 aliphatic carbocycles. The number of carbonyl (C=O) groups is 3. The van der Waals surface area contributed by atoms with E-state index in [1.54, 1.807) is 6.08 Å². The largest absolute Gasteiger partial charge is 0.347 e. The van der Waals surface area contributed by atoms with E-state index < -0.39 is 17.8 Å². The summed E-state index contributed by atoms with van der Waals surface area (Å²) >= 11 is 0. The molecule has 1 aromatic heterocycles. The van der Waals surface area contributed by atoms with E-state index in [1.165, 1.54) is 14.1 Å². The van der Waals surface area contributed by atoms with E-state index in [9.17, 15) is 14.4 Å². The molecule has 1 atom stereocenters. The van der Waals surface area contributed by atoms with E-state index in [1.807, 2.05) is 30.5 Å². The quantitative estimate of drug-likeness (QED) is 0.627. The van der Waals surface area contributed by atoms with Crippen molar-refractivity contribution in [3.05, 3.63) is 41.6 Å². The molecule has 6 heteroatoms. The second kappa shape index (κ2) is 6.78. The maximum atomic E-state index is 12.4. The number of hydrogen-bond acceptors (Lipinski definition) is 3. The lowest BCUT2D eigenvalue weighted by molar-refractivity contribution is -0.134. The van der Waals surface area contributed by atoms with E-state index in [2.05, 4.69) is 18.4 Å². The van der Waals surface area contributed by atoms with Crippen LogP contribution in [0.3, 0.4) is 0 Å². The lowest BCUT2D eigenvalue weighted by atomic mass is 10.1. The predicted molar refractivity (Wildman–Crippen MR) is 100 cm³/mol. The molecule has 1 fully saturated rings. The Hall–Kier alpha value is -2.89. The Kier molecular flexibility index (Phi) is 4.68. The van der Waals surface area contributed by atoms with Crippen molar-refractivity contribution in [1.82, 2.24) is 14.4 Å². The van der Waals surface area contributed by atoms with Gasteiger partial charge in [-0.15, -0.1) is 0 Å². The number of urea groups is 1. The lowest BCUT2D eigenvalue weighted by Crippen LogP contribution is -2.52. The van der Waals surface area contributed by atoms with Crippen molar-refractivity contribution in [3.8, 4) is 0 Å². The Morgan fingerprint density at radius 1 is 1.04 bits per heavy atom. The fourth-order valence-corrected chi connectivity index (χ4v) is 3.14. The number of fused-ring (bicyclic) bond motifs is 1. The van der Waals surface area contributed by atoms with Crippen LogP contribution in [0.4, 0.5) is 4.79 Å². The summed E-state index contributed by atoms with van der Waals surface area (Å²) in [6, 6.07) is 7.31. The molecule has 0 saturated carbocycles. The van der Waals surface area contributed by atoms with Gasteiger partial charge in [0, 0.05) is 43.3 Å². The summed E-state index contributed by atoms with van der Waals surface area (Å²) in [4.78, 5) is 38.7. The van der Waals surface area contributed by atoms with Crippen LogP contribution in [0.5, 0.6) is 0 Å². The number of likely N-dealkylation sites (N-methyl/N-ethyl adjacent to an activating group) is 2. The maximum absolute atomic E-state index is 12.4. The number of imide groups is 2. The molecule has 2 aromatic rings. The molecule has 0 spiro atoms. The average Bonchev–Trinajstić information content (AvgIpc) is 2.99. The van der Waals surface area contributed by atoms with Crippen LogP contribution in [0.25, 0.3) is 17.0 Å². The summed E-state index contributed by atoms with van der Waals surface area (Å²) in [7, 11) is 2.77. The zero-order chi connectivity index (χ0) is 19.0. The van der Waals surface area contributed by atoms with Crippen LogP contribution in [0.15, 0.2) is 36.0 Å². The number of aromatic nitrogens is 1. The van der Waals surface area contributed by atoms with Gasteiger partial charge in [0.1, 0.15) is 5.57 Å². The fraction of sp³-hybridized carbons (Fsp3) is 0.350. The summed E-state index contributed by atoms with van der Waals surface area (Å²) in [5.41, 5.74) is 1.87. The minimum atomic E-state index is -0.614. The number of carbonyl (C=O) groups excluding carboxylic acids is 3. The number of amides is 4. The highest BCUT2D eigenvalue weighted by molar-refractivity contribution is 6.31. The molecular formula is C20H23N3O3. The van der Waals surface area contributed by atoms with Crippen molar-refractivity contribution in [1.29, 1.82) is 0 Å². The van der Waals surface area contributed by atoms with Crippen LogP contribution >= 0.6 is 0 Å². The molecule has 0 bridgehead atoms. The predicted octanol–water partition coefficient (Wildman–Crippen LogP) is 3.12. The van der Waals surface area contributed by atoms with Crippen molar-refractivity contribution in [2.24, 2.45) is 5.92 Å². The molecule has 1 aliphatic heterocycles. The molecule has 0 radical (unpaired) electrons. The van der Waals surface area contributed by atoms with E-state index in [0.717, 1.165) is 39.2 Å². The van der Waals surface area contributed by atoms with Crippen LogP contribution in [0, 0.1) is 5.92 Å². The second-order valence-corrected chi connectivity index (χ2v) is 6.84. The Morgan fingerprint density at radius 2 is 1.65 bits per heavy atom. The highest BCUT2D eigenvalue weighted by atomic mass is 16.2. The monoisotopic (exact) mass is 353 g/mol. The Labute approximate surface area is 152 Å². The van der Waals surface area contributed by atoms with Gasteiger partial charge in [-0.05, 0) is 18.1 Å². The van der Waals surface area contributed by atoms with Gasteiger partial charge in [0.2, 0.25) is 0 Å². The number of barbiturate groups is 1. The van der Waals surface area contributed by atoms with E-state index >= 15 is 0 Å². The third-order valence-corrected chi connectivity index (χ3v) is 4.97. The summed E-state index contributed by atoms with van der Waals surface area (Å²) in [5, 5.41) is 0.978. The number of para-hydroxylation sites is 1. The smallest absolute Gasteiger partial charge is 0.333 e. The average molecular weight is 353 g/mol. The summed E-state index contributed by atoms with van der Waals surface area (Å²) in [5.74, 6) is -0.632. The highest BCUT2D eigenvalue weighted by Crippen LogP contribution is 2.26. The molecule has 0 N–H and O–H groups in total. The first-order valence-corrected chi connectivity index (χ1v) is 8.74. The van der Waals surface area contributed by atoms with E-state index in [-0.39, 0.29) is 5.57 Å². The summed E-state index contributed by atoms with van der Waals surface area (Å²) < 4.78 is 2.16. The van der Waals surface area contributed by atoms with Gasteiger partial charge in [0.25, 0.3) is 11.8 Å². The summed E-state index contributed by atoms with van der Waals surface area (Å²) in [6.07, 6.45) is 4.64. The molecule has 1 aliphatic rings. The highest BCUT2D eigenvalue weighted by Gasteiger charge is 2.37. The maximum Gasteiger partial charge on any atom is 0.333 e. The third kappa shape index (κ3) is 2.92. The molecule has 2 heterocycles. The molecule has 1 aromatic carbocycles. The number of benzene rings is 1. The van der Waals surface area contributed by atoms with Crippen molar-refractivity contribution in [2.45, 2.75) is 26.8 Å². The van der Waals surface area contributed by atoms with Crippen LogP contribution in [-0.2, 0) is 16.1 Å². The normalized spacial score (nSPS) is 16.6. The van der Waals surface area contributed by atoms with Gasteiger partial charge in [-0.2, -0.15) is 0 Å². The minimum absolute atomic E-state index is 0.000966. The zero-order valence-corrected chi connectivity index (χ0v) is 15.5. The topological polar surface area (TPSA) is 62.6 Å². The molecule has 3 rings (SSSR count). The van der Waals surface area contributed by atoms with Crippen LogP contribution in [0.2, 0.25) is 0 Å². The van der Waals surface area contributed by atoms with Gasteiger partial charge in [0.15, 0.2) is 0 Å². The van der Waals surface area contributed by atoms with Gasteiger partial charge in [0.05, 0.1) is 0 Å². The van der Waals surface area contributed by atoms with Gasteiger partial charge in [-0.3, -0.25) is 19.4 Å². The van der Waals surface area contributed by atoms with Crippen LogP contribution < -0.4 is 0 Å². The Morgan fingerprint density at radius 3 is 2.27 bits per heavy atom. The molecule has 0 unspecified atom stereocenters. The van der Waals surface area contributed by atoms with E-state index in [0.29, 0.717) is 5.92 Å². The van der Waals surface area contributed by atoms with Crippen molar-refractivity contribution in [3.63, 3.8) is 0 Å². The van der Waals surface area contributed by atoms with Crippen molar-refractivity contribution >= 4 is 34.8 Å². The van der Waals surface area contributed by atoms with Gasteiger partial charge < -0.3 is 4.57 Å². The second-order valence-electron chi connectivity index (χ2n) is 6.84. The third-order valence-electron chi connectivity index (χ3n) is 4.97. The molecule has 1 saturated heterocycles. The van der Waals surface area contributed by atoms with E-state index in [4.69, 9.17) is 0 Å². The van der Waals surface area contributed by atoms with Crippen molar-refractivity contribution in [2.75, 3.05) is 14.1 Å². The fourth-order valence-electron chi connectivity index (χ4n) is 3.14. The number of hydrogen-bond donors (Lipinski definition) is 0. The van der Waals surface area contributed by atoms with Crippen molar-refractivity contribution < 1.29 is 14.4 Å². The van der Waals surface area contributed by atoms with Crippen LogP contribution in [0.1, 0.15) is 25.8 Å². The molecule has 6 nitrogen and oxygen atoms in total. The van der Waals surface area contributed by atoms with Gasteiger partial charge in [-0.25, -0.2) is 4.79 Å². The zero-order valence-electron chi connectivity index (χ0n) is 15.5. The SMILES string of the molecule is CC[C@H](C)Cn1cc(C=C2C(=O)N(C)C(=O)N(C)C2=O)c2ccccc21. The summed E-state index contributed by atoms with van der Waals surface area (Å²) in [6.45, 7) is 5.21. The Balaban J connectivity index is 2.11. The molecule has 4 amide bonds. The molecule has 136 valence electrons. The Bertz CT molecular complexity index is 900. The first kappa shape index (κ1) is 17.9. The standard InChI is InChI=1S/C20H23N3O3/c1-5-13(2)11-23-12-14(15-8-6-7-9-17(15)23)10-16-18(24)21(3)20(26)22(4)19(16)25/h6-10,12-13H,5,11H2,1-4H3/t13-/m0/s1. The minimum Gasteiger partial charge on any atom is -0.347 e. The molecular weight excluding hydrogens is 330 g/mol.